The van der Waals surface area contributed by atoms with Crippen molar-refractivity contribution >= 4 is 22.6 Å². The Labute approximate surface area is 146 Å². The molecule has 0 radical (unpaired) electrons. The number of Topliss-reactive ketones (excluding diaryl/α,β-unsaturated/α-hetero) is 1. The Morgan fingerprint density at radius 1 is 1.32 bits per heavy atom. The van der Waals surface area contributed by atoms with Crippen LogP contribution in [0.4, 0.5) is 0 Å². The molecule has 25 heavy (non-hydrogen) atoms. The maximum atomic E-state index is 12.7. The van der Waals surface area contributed by atoms with E-state index in [1.165, 1.54) is 0 Å². The highest BCUT2D eigenvalue weighted by molar-refractivity contribution is 6.07. The number of nitrogens with one attached hydrogen (secondary N) is 2. The van der Waals surface area contributed by atoms with E-state index in [4.69, 9.17) is 0 Å². The molecule has 0 spiro atoms. The van der Waals surface area contributed by atoms with Crippen LogP contribution in [0.3, 0.4) is 0 Å². The number of para-hydroxylation sites is 1. The van der Waals surface area contributed by atoms with Crippen LogP contribution in [0, 0.1) is 0 Å². The molecule has 2 aromatic heterocycles. The molecule has 130 valence electrons. The predicted octanol–water partition coefficient (Wildman–Crippen LogP) is 2.88. The van der Waals surface area contributed by atoms with Gasteiger partial charge in [0, 0.05) is 47.5 Å². The number of carbonyl (C=O) groups excluding carboxylic acids is 2. The number of aromatic nitrogens is 3. The first-order valence-electron chi connectivity index (χ1n) is 8.47. The summed E-state index contributed by atoms with van der Waals surface area (Å²) >= 11 is 0. The number of aromatic amines is 1. The average Bonchev–Trinajstić information content (AvgIpc) is 3.24. The monoisotopic (exact) mass is 338 g/mol. The molecule has 0 aliphatic heterocycles. The summed E-state index contributed by atoms with van der Waals surface area (Å²) in [7, 11) is 0. The van der Waals surface area contributed by atoms with E-state index in [0.717, 1.165) is 16.6 Å². The van der Waals surface area contributed by atoms with E-state index >= 15 is 0 Å². The fourth-order valence-corrected chi connectivity index (χ4v) is 3.11. The number of benzene rings is 1. The number of imidazole rings is 1. The molecule has 0 saturated heterocycles. The van der Waals surface area contributed by atoms with Crippen molar-refractivity contribution in [3.63, 3.8) is 0 Å². The van der Waals surface area contributed by atoms with E-state index in [2.05, 4.69) is 15.3 Å². The number of ketones is 1. The highest BCUT2D eigenvalue weighted by atomic mass is 16.2. The van der Waals surface area contributed by atoms with Crippen molar-refractivity contribution in [1.82, 2.24) is 19.9 Å². The van der Waals surface area contributed by atoms with Gasteiger partial charge in [0.05, 0.1) is 6.33 Å². The number of carbonyl (C=O) groups is 2. The van der Waals surface area contributed by atoms with Crippen LogP contribution >= 0.6 is 0 Å². The second kappa shape index (κ2) is 7.34. The largest absolute Gasteiger partial charge is 0.354 e. The lowest BCUT2D eigenvalue weighted by molar-refractivity contribution is -0.124. The lowest BCUT2D eigenvalue weighted by Crippen LogP contribution is -2.33. The molecule has 0 saturated carbocycles. The van der Waals surface area contributed by atoms with E-state index < -0.39 is 0 Å². The second-order valence-electron chi connectivity index (χ2n) is 6.07. The van der Waals surface area contributed by atoms with Crippen molar-refractivity contribution in [2.24, 2.45) is 0 Å². The van der Waals surface area contributed by atoms with Gasteiger partial charge in [0.2, 0.25) is 5.91 Å². The molecule has 1 atom stereocenters. The highest BCUT2D eigenvalue weighted by Gasteiger charge is 2.22. The maximum absolute atomic E-state index is 12.7. The fraction of sp³-hybridized carbons (Fsp3) is 0.316. The summed E-state index contributed by atoms with van der Waals surface area (Å²) in [5, 5.41) is 3.87. The Morgan fingerprint density at radius 2 is 2.12 bits per heavy atom. The molecular formula is C19H22N4O2. The summed E-state index contributed by atoms with van der Waals surface area (Å²) in [6.07, 6.45) is 6.53. The van der Waals surface area contributed by atoms with Crippen molar-refractivity contribution in [2.75, 3.05) is 6.54 Å². The van der Waals surface area contributed by atoms with Crippen LogP contribution in [0.25, 0.3) is 10.9 Å². The van der Waals surface area contributed by atoms with Gasteiger partial charge in [-0.15, -0.1) is 0 Å². The molecule has 6 heteroatoms. The minimum absolute atomic E-state index is 0.00413. The summed E-state index contributed by atoms with van der Waals surface area (Å²) in [6.45, 7) is 4.06. The van der Waals surface area contributed by atoms with E-state index in [1.807, 2.05) is 35.8 Å². The zero-order valence-electron chi connectivity index (χ0n) is 14.5. The standard InChI is InChI=1S/C19H22N4O2/c1-3-17(19(25)21-9-8-14-10-20-12-22-14)23-11-16(13(2)24)15-6-4-5-7-18(15)23/h4-7,10-12,17H,3,8-9H2,1-2H3,(H,20,22)(H,21,25)/t17-/m1/s1. The molecule has 6 nitrogen and oxygen atoms in total. The summed E-state index contributed by atoms with van der Waals surface area (Å²) in [5.74, 6) is -0.0395. The first-order valence-corrected chi connectivity index (χ1v) is 8.47. The minimum Gasteiger partial charge on any atom is -0.354 e. The van der Waals surface area contributed by atoms with E-state index in [0.29, 0.717) is 24.9 Å². The minimum atomic E-state index is -0.347. The Hall–Kier alpha value is -2.89. The normalized spacial score (nSPS) is 12.2. The molecule has 0 aliphatic carbocycles. The summed E-state index contributed by atoms with van der Waals surface area (Å²) in [4.78, 5) is 31.6. The van der Waals surface area contributed by atoms with Crippen LogP contribution in [0.15, 0.2) is 43.0 Å². The number of nitrogens with zero attached hydrogens (tertiary/aromatic N) is 2. The number of rotatable bonds is 7. The Kier molecular flexibility index (Phi) is 4.97. The van der Waals surface area contributed by atoms with E-state index in [-0.39, 0.29) is 17.7 Å². The molecule has 2 heterocycles. The maximum Gasteiger partial charge on any atom is 0.243 e. The van der Waals surface area contributed by atoms with Crippen molar-refractivity contribution in [3.05, 3.63) is 54.2 Å². The van der Waals surface area contributed by atoms with Crippen molar-refractivity contribution in [1.29, 1.82) is 0 Å². The van der Waals surface area contributed by atoms with Crippen LogP contribution in [-0.2, 0) is 11.2 Å². The van der Waals surface area contributed by atoms with Crippen LogP contribution < -0.4 is 5.32 Å². The molecule has 0 unspecified atom stereocenters. The van der Waals surface area contributed by atoms with E-state index in [1.54, 1.807) is 25.6 Å². The zero-order chi connectivity index (χ0) is 17.8. The van der Waals surface area contributed by atoms with Crippen molar-refractivity contribution in [3.8, 4) is 0 Å². The van der Waals surface area contributed by atoms with Gasteiger partial charge in [-0.2, -0.15) is 0 Å². The molecule has 0 aliphatic rings. The third-order valence-electron chi connectivity index (χ3n) is 4.39. The van der Waals surface area contributed by atoms with Crippen molar-refractivity contribution < 1.29 is 9.59 Å². The Bertz CT molecular complexity index is 880. The molecule has 0 bridgehead atoms. The number of H-pyrrole nitrogens is 1. The molecule has 3 aromatic rings. The van der Waals surface area contributed by atoms with Crippen LogP contribution in [0.2, 0.25) is 0 Å². The van der Waals surface area contributed by atoms with Gasteiger partial charge in [-0.05, 0) is 19.4 Å². The third kappa shape index (κ3) is 3.47. The number of hydrogen-bond acceptors (Lipinski definition) is 3. The smallest absolute Gasteiger partial charge is 0.243 e. The molecule has 1 amide bonds. The number of amides is 1. The van der Waals surface area contributed by atoms with Gasteiger partial charge in [-0.3, -0.25) is 9.59 Å². The second-order valence-corrected chi connectivity index (χ2v) is 6.07. The number of hydrogen-bond donors (Lipinski definition) is 2. The quantitative estimate of drug-likeness (QED) is 0.650. The fourth-order valence-electron chi connectivity index (χ4n) is 3.11. The molecule has 1 aromatic carbocycles. The van der Waals surface area contributed by atoms with Gasteiger partial charge in [0.25, 0.3) is 0 Å². The zero-order valence-corrected chi connectivity index (χ0v) is 14.5. The van der Waals surface area contributed by atoms with Gasteiger partial charge < -0.3 is 14.9 Å². The highest BCUT2D eigenvalue weighted by Crippen LogP contribution is 2.26. The lowest BCUT2D eigenvalue weighted by atomic mass is 10.1. The first-order chi connectivity index (χ1) is 12.1. The van der Waals surface area contributed by atoms with Gasteiger partial charge in [0.1, 0.15) is 6.04 Å². The van der Waals surface area contributed by atoms with Crippen LogP contribution in [-0.4, -0.2) is 32.8 Å². The summed E-state index contributed by atoms with van der Waals surface area (Å²) in [5.41, 5.74) is 2.54. The lowest BCUT2D eigenvalue weighted by Gasteiger charge is -2.18. The van der Waals surface area contributed by atoms with Gasteiger partial charge in [-0.25, -0.2) is 4.98 Å². The SMILES string of the molecule is CC[C@H](C(=O)NCCc1cnc[nH]1)n1cc(C(C)=O)c2ccccc21. The molecular weight excluding hydrogens is 316 g/mol. The topological polar surface area (TPSA) is 79.8 Å². The van der Waals surface area contributed by atoms with Crippen LogP contribution in [0.5, 0.6) is 0 Å². The summed E-state index contributed by atoms with van der Waals surface area (Å²) < 4.78 is 1.91. The first kappa shape index (κ1) is 17.0. The van der Waals surface area contributed by atoms with Crippen molar-refractivity contribution in [2.45, 2.75) is 32.7 Å². The molecule has 2 N–H and O–H groups in total. The molecule has 0 fully saturated rings. The van der Waals surface area contributed by atoms with Gasteiger partial charge in [-0.1, -0.05) is 25.1 Å². The third-order valence-corrected chi connectivity index (χ3v) is 4.39. The Morgan fingerprint density at radius 3 is 2.80 bits per heavy atom. The predicted molar refractivity (Wildman–Crippen MR) is 96.6 cm³/mol. The average molecular weight is 338 g/mol. The van der Waals surface area contributed by atoms with Gasteiger partial charge >= 0.3 is 0 Å². The summed E-state index contributed by atoms with van der Waals surface area (Å²) in [6, 6.07) is 7.35. The van der Waals surface area contributed by atoms with E-state index in [9.17, 15) is 9.59 Å². The molecule has 3 rings (SSSR count). The van der Waals surface area contributed by atoms with Crippen LogP contribution in [0.1, 0.15) is 42.4 Å². The Balaban J connectivity index is 1.81. The van der Waals surface area contributed by atoms with Gasteiger partial charge in [0.15, 0.2) is 5.78 Å². The number of fused-ring (bicyclic) bond motifs is 1.